The van der Waals surface area contributed by atoms with Crippen LogP contribution < -0.4 is 9.62 Å². The average Bonchev–Trinajstić information content (AvgIpc) is 2.77. The van der Waals surface area contributed by atoms with Crippen molar-refractivity contribution < 1.29 is 18.0 Å². The molecule has 0 bridgehead atoms. The summed E-state index contributed by atoms with van der Waals surface area (Å²) in [6.07, 6.45) is 2.10. The van der Waals surface area contributed by atoms with E-state index in [-0.39, 0.29) is 12.5 Å². The van der Waals surface area contributed by atoms with E-state index in [0.29, 0.717) is 34.3 Å². The summed E-state index contributed by atoms with van der Waals surface area (Å²) in [5, 5.41) is 3.53. The van der Waals surface area contributed by atoms with Crippen molar-refractivity contribution >= 4 is 50.7 Å². The van der Waals surface area contributed by atoms with Gasteiger partial charge in [-0.1, -0.05) is 61.3 Å². The molecule has 0 aliphatic heterocycles. The van der Waals surface area contributed by atoms with E-state index >= 15 is 0 Å². The highest BCUT2D eigenvalue weighted by molar-refractivity contribution is 7.92. The lowest BCUT2D eigenvalue weighted by Gasteiger charge is -2.33. The van der Waals surface area contributed by atoms with E-state index in [1.54, 1.807) is 55.5 Å². The van der Waals surface area contributed by atoms with E-state index in [1.165, 1.54) is 4.90 Å². The molecule has 0 heterocycles. The number of hydrogen-bond acceptors (Lipinski definition) is 4. The van der Waals surface area contributed by atoms with Crippen LogP contribution >= 0.6 is 23.2 Å². The van der Waals surface area contributed by atoms with Gasteiger partial charge in [0.1, 0.15) is 12.6 Å². The predicted octanol–water partition coefficient (Wildman–Crippen LogP) is 4.09. The molecule has 1 atom stereocenters. The number of hydrogen-bond donors (Lipinski definition) is 1. The quantitative estimate of drug-likeness (QED) is 0.490. The van der Waals surface area contributed by atoms with Gasteiger partial charge in [-0.3, -0.25) is 13.9 Å². The lowest BCUT2D eigenvalue weighted by Crippen LogP contribution is -2.52. The number of sulfonamides is 1. The molecule has 0 aliphatic carbocycles. The van der Waals surface area contributed by atoms with Gasteiger partial charge in [-0.15, -0.1) is 0 Å². The Balaban J connectivity index is 2.46. The fourth-order valence-electron chi connectivity index (χ4n) is 3.35. The molecule has 0 aromatic heterocycles. The predicted molar refractivity (Wildman–Crippen MR) is 133 cm³/mol. The maximum Gasteiger partial charge on any atom is 0.244 e. The molecule has 0 aliphatic rings. The Labute approximate surface area is 205 Å². The topological polar surface area (TPSA) is 86.8 Å². The van der Waals surface area contributed by atoms with Gasteiger partial charge in [0.15, 0.2) is 0 Å². The number of para-hydroxylation sites is 1. The maximum absolute atomic E-state index is 13.5. The molecule has 2 rings (SSSR count). The zero-order valence-electron chi connectivity index (χ0n) is 18.9. The van der Waals surface area contributed by atoms with Gasteiger partial charge in [0.2, 0.25) is 21.8 Å². The normalized spacial score (nSPS) is 12.2. The standard InChI is InChI=1S/C23H29Cl2N3O4S/c1-4-14-26-23(30)21(5-2)27(15-18-19(24)12-9-13-20(18)25)22(29)16-28(33(3,31)32)17-10-7-6-8-11-17/h6-13,21H,4-5,14-16H2,1-3H3,(H,26,30)/t21-/m0/s1. The first-order valence-corrected chi connectivity index (χ1v) is 13.2. The Kier molecular flexibility index (Phi) is 10.0. The summed E-state index contributed by atoms with van der Waals surface area (Å²) in [5.41, 5.74) is 0.842. The highest BCUT2D eigenvalue weighted by Gasteiger charge is 2.32. The second kappa shape index (κ2) is 12.3. The number of halogens is 2. The molecule has 180 valence electrons. The molecule has 0 saturated heterocycles. The van der Waals surface area contributed by atoms with Crippen LogP contribution in [-0.2, 0) is 26.2 Å². The van der Waals surface area contributed by atoms with Gasteiger partial charge in [0, 0.05) is 28.7 Å². The number of benzene rings is 2. The first-order valence-electron chi connectivity index (χ1n) is 10.6. The van der Waals surface area contributed by atoms with Crippen molar-refractivity contribution in [1.82, 2.24) is 10.2 Å². The van der Waals surface area contributed by atoms with E-state index in [9.17, 15) is 18.0 Å². The minimum atomic E-state index is -3.77. The van der Waals surface area contributed by atoms with Gasteiger partial charge < -0.3 is 10.2 Å². The molecule has 0 radical (unpaired) electrons. The number of nitrogens with one attached hydrogen (secondary N) is 1. The van der Waals surface area contributed by atoms with Crippen molar-refractivity contribution in [2.24, 2.45) is 0 Å². The molecule has 7 nitrogen and oxygen atoms in total. The van der Waals surface area contributed by atoms with Gasteiger partial charge in [0.05, 0.1) is 11.9 Å². The molecular formula is C23H29Cl2N3O4S. The summed E-state index contributed by atoms with van der Waals surface area (Å²) in [5.74, 6) is -0.861. The Morgan fingerprint density at radius 1 is 1.00 bits per heavy atom. The summed E-state index contributed by atoms with van der Waals surface area (Å²) >= 11 is 12.7. The van der Waals surface area contributed by atoms with Gasteiger partial charge in [-0.25, -0.2) is 8.42 Å². The third kappa shape index (κ3) is 7.35. The van der Waals surface area contributed by atoms with Crippen LogP contribution in [0.5, 0.6) is 0 Å². The van der Waals surface area contributed by atoms with Crippen molar-refractivity contribution in [3.05, 3.63) is 64.1 Å². The van der Waals surface area contributed by atoms with Crippen molar-refractivity contribution in [1.29, 1.82) is 0 Å². The molecule has 0 saturated carbocycles. The van der Waals surface area contributed by atoms with E-state index < -0.39 is 28.5 Å². The largest absolute Gasteiger partial charge is 0.354 e. The van der Waals surface area contributed by atoms with E-state index in [0.717, 1.165) is 17.0 Å². The third-order valence-electron chi connectivity index (χ3n) is 5.05. The monoisotopic (exact) mass is 513 g/mol. The van der Waals surface area contributed by atoms with E-state index in [1.807, 2.05) is 6.92 Å². The third-order valence-corrected chi connectivity index (χ3v) is 6.90. The van der Waals surface area contributed by atoms with Crippen LogP contribution in [0.4, 0.5) is 5.69 Å². The Morgan fingerprint density at radius 2 is 1.61 bits per heavy atom. The molecule has 2 amide bonds. The summed E-state index contributed by atoms with van der Waals surface area (Å²) in [4.78, 5) is 27.8. The average molecular weight is 514 g/mol. The van der Waals surface area contributed by atoms with Crippen LogP contribution in [0.25, 0.3) is 0 Å². The number of amides is 2. The Hall–Kier alpha value is -2.29. The fraction of sp³-hybridized carbons (Fsp3) is 0.391. The number of nitrogens with zero attached hydrogens (tertiary/aromatic N) is 2. The summed E-state index contributed by atoms with van der Waals surface area (Å²) in [6.45, 7) is 3.67. The molecular weight excluding hydrogens is 485 g/mol. The number of carbonyl (C=O) groups excluding carboxylic acids is 2. The zero-order valence-corrected chi connectivity index (χ0v) is 21.3. The Morgan fingerprint density at radius 3 is 2.12 bits per heavy atom. The highest BCUT2D eigenvalue weighted by atomic mass is 35.5. The highest BCUT2D eigenvalue weighted by Crippen LogP contribution is 2.27. The maximum atomic E-state index is 13.5. The molecule has 0 fully saturated rings. The molecule has 2 aromatic rings. The lowest BCUT2D eigenvalue weighted by molar-refractivity contribution is -0.140. The molecule has 1 N–H and O–H groups in total. The molecule has 0 unspecified atom stereocenters. The van der Waals surface area contributed by atoms with Crippen LogP contribution in [0.3, 0.4) is 0 Å². The van der Waals surface area contributed by atoms with E-state index in [2.05, 4.69) is 5.32 Å². The minimum absolute atomic E-state index is 0.0399. The molecule has 33 heavy (non-hydrogen) atoms. The summed E-state index contributed by atoms with van der Waals surface area (Å²) < 4.78 is 26.0. The fourth-order valence-corrected chi connectivity index (χ4v) is 4.71. The summed E-state index contributed by atoms with van der Waals surface area (Å²) in [6, 6.07) is 12.5. The van der Waals surface area contributed by atoms with E-state index in [4.69, 9.17) is 23.2 Å². The van der Waals surface area contributed by atoms with Crippen molar-refractivity contribution in [3.63, 3.8) is 0 Å². The minimum Gasteiger partial charge on any atom is -0.354 e. The van der Waals surface area contributed by atoms with Crippen molar-refractivity contribution in [2.75, 3.05) is 23.7 Å². The van der Waals surface area contributed by atoms with Crippen LogP contribution in [0.1, 0.15) is 32.3 Å². The van der Waals surface area contributed by atoms with Crippen LogP contribution in [0, 0.1) is 0 Å². The van der Waals surface area contributed by atoms with Crippen LogP contribution in [-0.4, -0.2) is 50.5 Å². The number of anilines is 1. The lowest BCUT2D eigenvalue weighted by atomic mass is 10.1. The van der Waals surface area contributed by atoms with Gasteiger partial charge in [-0.2, -0.15) is 0 Å². The Bertz CT molecular complexity index is 1040. The second-order valence-electron chi connectivity index (χ2n) is 7.54. The van der Waals surface area contributed by atoms with Gasteiger partial charge in [0.25, 0.3) is 0 Å². The van der Waals surface area contributed by atoms with Crippen molar-refractivity contribution in [3.8, 4) is 0 Å². The van der Waals surface area contributed by atoms with Gasteiger partial charge in [-0.05, 0) is 37.1 Å². The second-order valence-corrected chi connectivity index (χ2v) is 10.3. The molecule has 10 heteroatoms. The number of carbonyl (C=O) groups is 2. The molecule has 0 spiro atoms. The number of rotatable bonds is 11. The SMILES string of the molecule is CCCNC(=O)[C@H](CC)N(Cc1c(Cl)cccc1Cl)C(=O)CN(c1ccccc1)S(C)(=O)=O. The molecule has 2 aromatic carbocycles. The smallest absolute Gasteiger partial charge is 0.244 e. The zero-order chi connectivity index (χ0) is 24.6. The van der Waals surface area contributed by atoms with Crippen LogP contribution in [0.2, 0.25) is 10.0 Å². The first kappa shape index (κ1) is 27.0. The summed E-state index contributed by atoms with van der Waals surface area (Å²) in [7, 11) is -3.77. The van der Waals surface area contributed by atoms with Crippen LogP contribution in [0.15, 0.2) is 48.5 Å². The first-order chi connectivity index (χ1) is 15.6. The van der Waals surface area contributed by atoms with Gasteiger partial charge >= 0.3 is 0 Å². The van der Waals surface area contributed by atoms with Crippen molar-refractivity contribution in [2.45, 2.75) is 39.3 Å².